The normalized spacial score (nSPS) is 10.7. The number of nitrogen functional groups attached to an aromatic ring is 1. The molecule has 3 aromatic rings. The third kappa shape index (κ3) is 2.66. The van der Waals surface area contributed by atoms with Crippen molar-refractivity contribution in [2.75, 3.05) is 12.3 Å². The van der Waals surface area contributed by atoms with Gasteiger partial charge >= 0.3 is 0 Å². The number of hydrogen-bond donors (Lipinski definition) is 2. The second-order valence-corrected chi connectivity index (χ2v) is 4.76. The molecular formula is C17H16N2O2. The summed E-state index contributed by atoms with van der Waals surface area (Å²) >= 11 is 0. The number of nitrogens with two attached hydrogens (primary N) is 1. The maximum absolute atomic E-state index is 9.12. The zero-order chi connectivity index (χ0) is 14.7. The monoisotopic (exact) mass is 280 g/mol. The number of rotatable bonds is 4. The highest BCUT2D eigenvalue weighted by Gasteiger charge is 2.09. The van der Waals surface area contributed by atoms with E-state index in [9.17, 15) is 0 Å². The number of aliphatic hydroxyl groups excluding tert-OH is 1. The number of hydrogen-bond acceptors (Lipinski definition) is 4. The molecule has 0 saturated heterocycles. The van der Waals surface area contributed by atoms with Gasteiger partial charge in [-0.3, -0.25) is 4.98 Å². The summed E-state index contributed by atoms with van der Waals surface area (Å²) < 4.78 is 5.94. The van der Waals surface area contributed by atoms with E-state index in [1.807, 2.05) is 42.5 Å². The largest absolute Gasteiger partial charge is 0.455 e. The summed E-state index contributed by atoms with van der Waals surface area (Å²) in [5.41, 5.74) is 7.73. The van der Waals surface area contributed by atoms with Crippen LogP contribution in [0.5, 0.6) is 11.5 Å². The summed E-state index contributed by atoms with van der Waals surface area (Å²) in [6.45, 7) is 0.0826. The summed E-state index contributed by atoms with van der Waals surface area (Å²) in [7, 11) is 0. The van der Waals surface area contributed by atoms with Crippen molar-refractivity contribution in [2.24, 2.45) is 0 Å². The quantitative estimate of drug-likeness (QED) is 0.720. The number of aromatic nitrogens is 1. The fourth-order valence-electron chi connectivity index (χ4n) is 2.31. The van der Waals surface area contributed by atoms with Crippen LogP contribution < -0.4 is 10.5 Å². The Morgan fingerprint density at radius 1 is 1.05 bits per heavy atom. The fraction of sp³-hybridized carbons (Fsp3) is 0.118. The number of nitrogens with zero attached hydrogens (tertiary/aromatic N) is 1. The first-order valence-electron chi connectivity index (χ1n) is 6.78. The highest BCUT2D eigenvalue weighted by atomic mass is 16.5. The van der Waals surface area contributed by atoms with Crippen LogP contribution in [0.1, 0.15) is 5.56 Å². The third-order valence-corrected chi connectivity index (χ3v) is 3.40. The van der Waals surface area contributed by atoms with Crippen molar-refractivity contribution < 1.29 is 9.84 Å². The molecule has 0 aliphatic rings. The van der Waals surface area contributed by atoms with Gasteiger partial charge in [0.15, 0.2) is 5.75 Å². The second kappa shape index (κ2) is 5.81. The lowest BCUT2D eigenvalue weighted by atomic mass is 10.1. The third-order valence-electron chi connectivity index (χ3n) is 3.40. The van der Waals surface area contributed by atoms with Crippen LogP contribution in [0.4, 0.5) is 5.69 Å². The SMILES string of the molecule is Nc1c(Oc2ccccc2CCO)ccc2cnccc12. The van der Waals surface area contributed by atoms with Crippen LogP contribution >= 0.6 is 0 Å². The molecule has 2 aromatic carbocycles. The molecule has 1 heterocycles. The first-order valence-corrected chi connectivity index (χ1v) is 6.78. The minimum absolute atomic E-state index is 0.0826. The first kappa shape index (κ1) is 13.4. The zero-order valence-corrected chi connectivity index (χ0v) is 11.5. The van der Waals surface area contributed by atoms with E-state index in [2.05, 4.69) is 4.98 Å². The summed E-state index contributed by atoms with van der Waals surface area (Å²) in [5, 5.41) is 11.0. The minimum atomic E-state index is 0.0826. The van der Waals surface area contributed by atoms with E-state index >= 15 is 0 Å². The second-order valence-electron chi connectivity index (χ2n) is 4.76. The first-order chi connectivity index (χ1) is 10.3. The van der Waals surface area contributed by atoms with Gasteiger partial charge in [0.2, 0.25) is 0 Å². The van der Waals surface area contributed by atoms with Gasteiger partial charge in [-0.1, -0.05) is 18.2 Å². The molecule has 4 heteroatoms. The van der Waals surface area contributed by atoms with E-state index < -0.39 is 0 Å². The number of para-hydroxylation sites is 1. The molecule has 0 aliphatic carbocycles. The van der Waals surface area contributed by atoms with Gasteiger partial charge in [0.1, 0.15) is 5.75 Å². The lowest BCUT2D eigenvalue weighted by Gasteiger charge is -2.13. The van der Waals surface area contributed by atoms with E-state index in [0.29, 0.717) is 23.6 Å². The van der Waals surface area contributed by atoms with E-state index in [4.69, 9.17) is 15.6 Å². The molecule has 0 fully saturated rings. The molecule has 106 valence electrons. The average molecular weight is 280 g/mol. The minimum Gasteiger partial charge on any atom is -0.455 e. The topological polar surface area (TPSA) is 68.4 Å². The molecule has 3 rings (SSSR count). The molecular weight excluding hydrogens is 264 g/mol. The van der Waals surface area contributed by atoms with Gasteiger partial charge in [0, 0.05) is 29.8 Å². The molecule has 0 spiro atoms. The lowest BCUT2D eigenvalue weighted by molar-refractivity contribution is 0.298. The molecule has 3 N–H and O–H groups in total. The van der Waals surface area contributed by atoms with E-state index in [1.54, 1.807) is 12.4 Å². The van der Waals surface area contributed by atoms with Gasteiger partial charge in [0.05, 0.1) is 5.69 Å². The number of pyridine rings is 1. The summed E-state index contributed by atoms with van der Waals surface area (Å²) in [6, 6.07) is 13.3. The summed E-state index contributed by atoms with van der Waals surface area (Å²) in [6.07, 6.45) is 4.03. The van der Waals surface area contributed by atoms with Crippen LogP contribution in [0, 0.1) is 0 Å². The number of fused-ring (bicyclic) bond motifs is 1. The van der Waals surface area contributed by atoms with Crippen molar-refractivity contribution in [3.8, 4) is 11.5 Å². The van der Waals surface area contributed by atoms with Crippen LogP contribution in [0.15, 0.2) is 54.9 Å². The number of benzene rings is 2. The average Bonchev–Trinajstić information content (AvgIpc) is 2.52. The molecule has 0 radical (unpaired) electrons. The van der Waals surface area contributed by atoms with Crippen molar-refractivity contribution in [3.05, 3.63) is 60.4 Å². The maximum atomic E-state index is 9.12. The zero-order valence-electron chi connectivity index (χ0n) is 11.5. The predicted octanol–water partition coefficient (Wildman–Crippen LogP) is 3.14. The van der Waals surface area contributed by atoms with E-state index in [0.717, 1.165) is 16.3 Å². The molecule has 21 heavy (non-hydrogen) atoms. The molecule has 0 saturated carbocycles. The molecule has 1 aromatic heterocycles. The summed E-state index contributed by atoms with van der Waals surface area (Å²) in [5.74, 6) is 1.32. The van der Waals surface area contributed by atoms with Crippen LogP contribution in [0.2, 0.25) is 0 Å². The van der Waals surface area contributed by atoms with Gasteiger partial charge in [0.25, 0.3) is 0 Å². The Labute approximate surface area is 122 Å². The molecule has 0 unspecified atom stereocenters. The highest BCUT2D eigenvalue weighted by Crippen LogP contribution is 2.34. The Morgan fingerprint density at radius 3 is 2.76 bits per heavy atom. The predicted molar refractivity (Wildman–Crippen MR) is 83.5 cm³/mol. The van der Waals surface area contributed by atoms with E-state index in [1.165, 1.54) is 0 Å². The number of anilines is 1. The van der Waals surface area contributed by atoms with Crippen LogP contribution in [0.3, 0.4) is 0 Å². The highest BCUT2D eigenvalue weighted by molar-refractivity contribution is 5.95. The Hall–Kier alpha value is -2.59. The Morgan fingerprint density at radius 2 is 1.90 bits per heavy atom. The van der Waals surface area contributed by atoms with Gasteiger partial charge in [-0.05, 0) is 36.2 Å². The van der Waals surface area contributed by atoms with E-state index in [-0.39, 0.29) is 6.61 Å². The van der Waals surface area contributed by atoms with Gasteiger partial charge in [-0.25, -0.2) is 0 Å². The Bertz CT molecular complexity index is 772. The lowest BCUT2D eigenvalue weighted by Crippen LogP contribution is -1.98. The van der Waals surface area contributed by atoms with Crippen LogP contribution in [0.25, 0.3) is 10.8 Å². The number of aliphatic hydroxyl groups is 1. The maximum Gasteiger partial charge on any atom is 0.150 e. The van der Waals surface area contributed by atoms with Crippen molar-refractivity contribution in [1.82, 2.24) is 4.98 Å². The van der Waals surface area contributed by atoms with Crippen molar-refractivity contribution >= 4 is 16.5 Å². The van der Waals surface area contributed by atoms with Crippen molar-refractivity contribution in [3.63, 3.8) is 0 Å². The summed E-state index contributed by atoms with van der Waals surface area (Å²) in [4.78, 5) is 4.08. The van der Waals surface area contributed by atoms with Crippen molar-refractivity contribution in [1.29, 1.82) is 0 Å². The molecule has 4 nitrogen and oxygen atoms in total. The van der Waals surface area contributed by atoms with Gasteiger partial charge in [-0.15, -0.1) is 0 Å². The molecule has 0 bridgehead atoms. The molecule has 0 atom stereocenters. The van der Waals surface area contributed by atoms with Gasteiger partial charge < -0.3 is 15.6 Å². The standard InChI is InChI=1S/C17H16N2O2/c18-17-14-7-9-19-11-13(14)5-6-16(17)21-15-4-2-1-3-12(15)8-10-20/h1-7,9,11,20H,8,10,18H2. The molecule has 0 aliphatic heterocycles. The van der Waals surface area contributed by atoms with Gasteiger partial charge in [-0.2, -0.15) is 0 Å². The number of ether oxygens (including phenoxy) is 1. The Kier molecular flexibility index (Phi) is 3.71. The van der Waals surface area contributed by atoms with Crippen LogP contribution in [-0.4, -0.2) is 16.7 Å². The van der Waals surface area contributed by atoms with Crippen molar-refractivity contribution in [2.45, 2.75) is 6.42 Å². The Balaban J connectivity index is 2.00. The fourth-order valence-corrected chi connectivity index (χ4v) is 2.31. The van der Waals surface area contributed by atoms with Crippen LogP contribution in [-0.2, 0) is 6.42 Å². The smallest absolute Gasteiger partial charge is 0.150 e. The molecule has 0 amide bonds.